The predicted octanol–water partition coefficient (Wildman–Crippen LogP) is 3.66. The van der Waals surface area contributed by atoms with Crippen LogP contribution in [-0.4, -0.2) is 7.11 Å². The molecular weight excluding hydrogens is 206 g/mol. The number of benzene rings is 1. The molecule has 0 saturated carbocycles. The Labute approximate surface area is 79.8 Å². The van der Waals surface area contributed by atoms with Gasteiger partial charge in [-0.15, -0.1) is 0 Å². The van der Waals surface area contributed by atoms with Crippen LogP contribution in [0.3, 0.4) is 0 Å². The molecule has 1 rings (SSSR count). The quantitative estimate of drug-likeness (QED) is 0.689. The van der Waals surface area contributed by atoms with E-state index in [-0.39, 0.29) is 0 Å². The number of ether oxygens (including phenoxy) is 1. The largest absolute Gasteiger partial charge is 0.494 e. The summed E-state index contributed by atoms with van der Waals surface area (Å²) in [7, 11) is 1.50. The third kappa shape index (κ3) is 1.92. The molecule has 0 unspecified atom stereocenters. The predicted molar refractivity (Wildman–Crippen MR) is 48.0 cm³/mol. The van der Waals surface area contributed by atoms with Crippen LogP contribution in [0, 0.1) is 0 Å². The molecule has 0 aliphatic heterocycles. The highest BCUT2D eigenvalue weighted by atomic mass is 35.5. The smallest absolute Gasteiger partial charge is 0.156 e. The molecule has 0 atom stereocenters. The first-order chi connectivity index (χ1) is 5.15. The van der Waals surface area contributed by atoms with Crippen molar-refractivity contribution in [2.24, 2.45) is 0 Å². The van der Waals surface area contributed by atoms with E-state index in [0.717, 1.165) is 0 Å². The van der Waals surface area contributed by atoms with E-state index < -0.39 is 0 Å². The maximum Gasteiger partial charge on any atom is 0.156 e. The average molecular weight is 211 g/mol. The topological polar surface area (TPSA) is 9.23 Å². The molecule has 0 fully saturated rings. The lowest BCUT2D eigenvalue weighted by Gasteiger charge is -2.04. The molecule has 0 aliphatic carbocycles. The van der Waals surface area contributed by atoms with E-state index in [4.69, 9.17) is 39.5 Å². The highest BCUT2D eigenvalue weighted by molar-refractivity contribution is 6.40. The fraction of sp³-hybridized carbons (Fsp3) is 0.143. The van der Waals surface area contributed by atoms with Crippen molar-refractivity contribution >= 4 is 34.8 Å². The summed E-state index contributed by atoms with van der Waals surface area (Å²) in [6.45, 7) is 0. The van der Waals surface area contributed by atoms with Crippen LogP contribution in [0.15, 0.2) is 12.1 Å². The van der Waals surface area contributed by atoms with Crippen LogP contribution in [0.5, 0.6) is 5.75 Å². The summed E-state index contributed by atoms with van der Waals surface area (Å²) in [5, 5.41) is 1.34. The van der Waals surface area contributed by atoms with Crippen molar-refractivity contribution in [1.82, 2.24) is 0 Å². The first kappa shape index (κ1) is 8.98. The molecule has 0 radical (unpaired) electrons. The molecule has 1 aromatic carbocycles. The number of rotatable bonds is 1. The first-order valence-electron chi connectivity index (χ1n) is 2.83. The van der Waals surface area contributed by atoms with Crippen LogP contribution >= 0.6 is 34.8 Å². The maximum absolute atomic E-state index is 5.74. The Bertz CT molecular complexity index is 249. The standard InChI is InChI=1S/C7H5Cl3O/c1-11-7-5(9)2-4(8)3-6(7)10/h2-3H,1H3. The molecule has 0 heterocycles. The zero-order valence-electron chi connectivity index (χ0n) is 5.70. The SMILES string of the molecule is COc1c(Cl)cc(Cl)cc1Cl. The summed E-state index contributed by atoms with van der Waals surface area (Å²) < 4.78 is 4.91. The van der Waals surface area contributed by atoms with Gasteiger partial charge in [0.25, 0.3) is 0 Å². The molecule has 1 aromatic rings. The molecule has 11 heavy (non-hydrogen) atoms. The summed E-state index contributed by atoms with van der Waals surface area (Å²) in [5.74, 6) is 0.456. The Morgan fingerprint density at radius 2 is 1.55 bits per heavy atom. The van der Waals surface area contributed by atoms with Crippen LogP contribution in [0.25, 0.3) is 0 Å². The molecule has 0 aliphatic rings. The minimum Gasteiger partial charge on any atom is -0.494 e. The van der Waals surface area contributed by atoms with Gasteiger partial charge in [-0.2, -0.15) is 0 Å². The zero-order chi connectivity index (χ0) is 8.43. The van der Waals surface area contributed by atoms with E-state index in [9.17, 15) is 0 Å². The van der Waals surface area contributed by atoms with Crippen LogP contribution in [-0.2, 0) is 0 Å². The van der Waals surface area contributed by atoms with Gasteiger partial charge in [-0.25, -0.2) is 0 Å². The Hall–Kier alpha value is -0.110. The molecule has 0 spiro atoms. The monoisotopic (exact) mass is 210 g/mol. The van der Waals surface area contributed by atoms with E-state index in [1.807, 2.05) is 0 Å². The molecule has 0 bridgehead atoms. The van der Waals surface area contributed by atoms with Crippen molar-refractivity contribution < 1.29 is 4.74 Å². The van der Waals surface area contributed by atoms with Gasteiger partial charge in [-0.05, 0) is 12.1 Å². The molecular formula is C7H5Cl3O. The highest BCUT2D eigenvalue weighted by Crippen LogP contribution is 2.35. The fourth-order valence-corrected chi connectivity index (χ4v) is 1.70. The lowest BCUT2D eigenvalue weighted by atomic mass is 10.3. The van der Waals surface area contributed by atoms with Crippen molar-refractivity contribution in [3.05, 3.63) is 27.2 Å². The second-order valence-electron chi connectivity index (χ2n) is 1.90. The maximum atomic E-state index is 5.74. The second-order valence-corrected chi connectivity index (χ2v) is 3.15. The fourth-order valence-electron chi connectivity index (χ4n) is 0.724. The molecule has 0 amide bonds. The summed E-state index contributed by atoms with van der Waals surface area (Å²) >= 11 is 17.1. The van der Waals surface area contributed by atoms with Gasteiger partial charge in [-0.3, -0.25) is 0 Å². The summed E-state index contributed by atoms with van der Waals surface area (Å²) in [5.41, 5.74) is 0. The molecule has 60 valence electrons. The van der Waals surface area contributed by atoms with Gasteiger partial charge in [0, 0.05) is 5.02 Å². The van der Waals surface area contributed by atoms with Crippen molar-refractivity contribution in [3.8, 4) is 5.75 Å². The minimum absolute atomic E-state index is 0.421. The Morgan fingerprint density at radius 3 is 1.91 bits per heavy atom. The number of methoxy groups -OCH3 is 1. The number of hydrogen-bond acceptors (Lipinski definition) is 1. The zero-order valence-corrected chi connectivity index (χ0v) is 7.96. The van der Waals surface area contributed by atoms with Crippen molar-refractivity contribution in [2.75, 3.05) is 7.11 Å². The average Bonchev–Trinajstić information content (AvgIpc) is 1.85. The van der Waals surface area contributed by atoms with Crippen LogP contribution < -0.4 is 4.74 Å². The van der Waals surface area contributed by atoms with Crippen molar-refractivity contribution in [2.45, 2.75) is 0 Å². The van der Waals surface area contributed by atoms with Crippen LogP contribution in [0.4, 0.5) is 0 Å². The highest BCUT2D eigenvalue weighted by Gasteiger charge is 2.06. The van der Waals surface area contributed by atoms with E-state index in [0.29, 0.717) is 20.8 Å². The van der Waals surface area contributed by atoms with Crippen LogP contribution in [0.1, 0.15) is 0 Å². The molecule has 1 nitrogen and oxygen atoms in total. The minimum atomic E-state index is 0.421. The van der Waals surface area contributed by atoms with Gasteiger partial charge >= 0.3 is 0 Å². The lowest BCUT2D eigenvalue weighted by molar-refractivity contribution is 0.415. The van der Waals surface area contributed by atoms with Gasteiger partial charge in [0.2, 0.25) is 0 Å². The summed E-state index contributed by atoms with van der Waals surface area (Å²) in [6.07, 6.45) is 0. The van der Waals surface area contributed by atoms with Gasteiger partial charge in [-0.1, -0.05) is 34.8 Å². The number of hydrogen-bond donors (Lipinski definition) is 0. The van der Waals surface area contributed by atoms with E-state index in [1.54, 1.807) is 12.1 Å². The van der Waals surface area contributed by atoms with Crippen molar-refractivity contribution in [1.29, 1.82) is 0 Å². The van der Waals surface area contributed by atoms with Gasteiger partial charge in [0.15, 0.2) is 5.75 Å². The Kier molecular flexibility index (Phi) is 2.88. The van der Waals surface area contributed by atoms with Gasteiger partial charge in [0.1, 0.15) is 0 Å². The van der Waals surface area contributed by atoms with Crippen molar-refractivity contribution in [3.63, 3.8) is 0 Å². The van der Waals surface area contributed by atoms with Gasteiger partial charge in [0.05, 0.1) is 17.2 Å². The van der Waals surface area contributed by atoms with E-state index in [1.165, 1.54) is 7.11 Å². The third-order valence-corrected chi connectivity index (χ3v) is 1.95. The molecule has 0 N–H and O–H groups in total. The second kappa shape index (κ2) is 3.53. The first-order valence-corrected chi connectivity index (χ1v) is 3.97. The van der Waals surface area contributed by atoms with Gasteiger partial charge < -0.3 is 4.74 Å². The van der Waals surface area contributed by atoms with Crippen LogP contribution in [0.2, 0.25) is 15.1 Å². The Morgan fingerprint density at radius 1 is 1.09 bits per heavy atom. The molecule has 0 aromatic heterocycles. The lowest BCUT2D eigenvalue weighted by Crippen LogP contribution is -1.84. The normalized spacial score (nSPS) is 9.82. The summed E-state index contributed by atoms with van der Waals surface area (Å²) in [4.78, 5) is 0. The molecule has 0 saturated heterocycles. The van der Waals surface area contributed by atoms with E-state index >= 15 is 0 Å². The number of halogens is 3. The van der Waals surface area contributed by atoms with E-state index in [2.05, 4.69) is 0 Å². The summed E-state index contributed by atoms with van der Waals surface area (Å²) in [6, 6.07) is 3.15. The third-order valence-electron chi connectivity index (χ3n) is 1.17. The molecule has 4 heteroatoms. The Balaban J connectivity index is 3.25.